The van der Waals surface area contributed by atoms with Gasteiger partial charge in [-0.15, -0.1) is 11.3 Å². The van der Waals surface area contributed by atoms with E-state index in [2.05, 4.69) is 4.90 Å². The number of benzene rings is 1. The average Bonchev–Trinajstić information content (AvgIpc) is 3.15. The molecule has 2 heterocycles. The summed E-state index contributed by atoms with van der Waals surface area (Å²) in [6.07, 6.45) is 3.31. The average molecular weight is 437 g/mol. The zero-order valence-corrected chi connectivity index (χ0v) is 18.0. The van der Waals surface area contributed by atoms with Crippen LogP contribution in [-0.4, -0.2) is 58.6 Å². The third-order valence-electron chi connectivity index (χ3n) is 5.16. The Bertz CT molecular complexity index is 791. The highest BCUT2D eigenvalue weighted by atomic mass is 32.1. The van der Waals surface area contributed by atoms with Crippen LogP contribution in [0, 0.1) is 12.7 Å². The molecule has 1 saturated heterocycles. The maximum Gasteiger partial charge on any atom is 0.290 e. The number of hydrogen-bond donors (Lipinski definition) is 2. The lowest BCUT2D eigenvalue weighted by atomic mass is 10.00. The Kier molecular flexibility index (Phi) is 9.93. The molecule has 1 amide bonds. The van der Waals surface area contributed by atoms with Crippen molar-refractivity contribution < 1.29 is 24.2 Å². The minimum Gasteiger partial charge on any atom is -0.483 e. The van der Waals surface area contributed by atoms with Gasteiger partial charge in [-0.2, -0.15) is 0 Å². The summed E-state index contributed by atoms with van der Waals surface area (Å²) in [5, 5.41) is 18.4. The summed E-state index contributed by atoms with van der Waals surface area (Å²) in [4.78, 5) is 27.0. The topological polar surface area (TPSA) is 81.1 Å². The normalized spacial score (nSPS) is 15.0. The van der Waals surface area contributed by atoms with Gasteiger partial charge < -0.3 is 15.1 Å². The first-order valence-corrected chi connectivity index (χ1v) is 10.9. The smallest absolute Gasteiger partial charge is 0.290 e. The number of aliphatic hydroxyl groups excluding tert-OH is 1. The Labute approximate surface area is 180 Å². The fraction of sp³-hybridized carbons (Fsp3) is 0.455. The molecule has 0 spiro atoms. The van der Waals surface area contributed by atoms with Crippen LogP contribution in [0.1, 0.15) is 41.3 Å². The third kappa shape index (κ3) is 6.62. The Hall–Kier alpha value is -2.29. The summed E-state index contributed by atoms with van der Waals surface area (Å²) in [5.41, 5.74) is 1.97. The molecule has 0 aliphatic carbocycles. The van der Waals surface area contributed by atoms with E-state index in [1.165, 1.54) is 18.6 Å². The Morgan fingerprint density at radius 2 is 1.87 bits per heavy atom. The molecule has 1 aliphatic heterocycles. The van der Waals surface area contributed by atoms with Crippen molar-refractivity contribution in [1.29, 1.82) is 0 Å². The zero-order valence-electron chi connectivity index (χ0n) is 17.2. The molecule has 30 heavy (non-hydrogen) atoms. The van der Waals surface area contributed by atoms with Gasteiger partial charge in [0.25, 0.3) is 6.47 Å². The number of rotatable bonds is 7. The van der Waals surface area contributed by atoms with Crippen molar-refractivity contribution in [2.45, 2.75) is 38.8 Å². The van der Waals surface area contributed by atoms with Crippen molar-refractivity contribution in [1.82, 2.24) is 9.80 Å². The van der Waals surface area contributed by atoms with Crippen LogP contribution < -0.4 is 0 Å². The van der Waals surface area contributed by atoms with Crippen LogP contribution in [0.25, 0.3) is 0 Å². The largest absolute Gasteiger partial charge is 0.483 e. The van der Waals surface area contributed by atoms with E-state index in [4.69, 9.17) is 9.90 Å². The number of thiophene rings is 1. The first-order chi connectivity index (χ1) is 14.5. The number of carbonyl (C=O) groups is 2. The number of likely N-dealkylation sites (tertiary alicyclic amines) is 1. The van der Waals surface area contributed by atoms with Gasteiger partial charge in [-0.1, -0.05) is 18.6 Å². The molecular formula is C22H29FN2O4S. The van der Waals surface area contributed by atoms with Gasteiger partial charge in [0.1, 0.15) is 11.9 Å². The lowest BCUT2D eigenvalue weighted by Crippen LogP contribution is -2.45. The number of carboxylic acid groups (broad SMARTS) is 1. The minimum atomic E-state index is -0.433. The van der Waals surface area contributed by atoms with Gasteiger partial charge in [0.05, 0.1) is 13.2 Å². The molecule has 0 saturated carbocycles. The second kappa shape index (κ2) is 12.4. The summed E-state index contributed by atoms with van der Waals surface area (Å²) in [7, 11) is 0. The third-order valence-corrected chi connectivity index (χ3v) is 6.17. The summed E-state index contributed by atoms with van der Waals surface area (Å²) in [5.74, 6) is -0.324. The van der Waals surface area contributed by atoms with Crippen LogP contribution in [0.2, 0.25) is 0 Å². The van der Waals surface area contributed by atoms with Gasteiger partial charge in [0.2, 0.25) is 5.91 Å². The van der Waals surface area contributed by atoms with Crippen LogP contribution in [0.4, 0.5) is 4.39 Å². The van der Waals surface area contributed by atoms with Crippen LogP contribution in [0.5, 0.6) is 0 Å². The fourth-order valence-corrected chi connectivity index (χ4v) is 4.55. The standard InChI is InChI=1S/C21H27FN2O2S.CH2O2/c1-16-9-14-27-19(16)15-24(12-13-25)21(26)20(23-10-3-2-4-11-23)17-5-7-18(22)8-6-17;2-1-3/h5-9,14,20,25H,2-4,10-13,15H2,1H3;1H,(H,2,3). The number of nitrogens with zero attached hydrogens (tertiary/aromatic N) is 2. The van der Waals surface area contributed by atoms with Crippen molar-refractivity contribution in [2.24, 2.45) is 0 Å². The predicted octanol–water partition coefficient (Wildman–Crippen LogP) is 3.44. The van der Waals surface area contributed by atoms with Crippen LogP contribution in [0.15, 0.2) is 35.7 Å². The first-order valence-electron chi connectivity index (χ1n) is 10.0. The molecule has 8 heteroatoms. The van der Waals surface area contributed by atoms with Gasteiger partial charge in [-0.3, -0.25) is 14.5 Å². The lowest BCUT2D eigenvalue weighted by molar-refractivity contribution is -0.139. The van der Waals surface area contributed by atoms with Gasteiger partial charge in [-0.25, -0.2) is 4.39 Å². The van der Waals surface area contributed by atoms with E-state index in [0.29, 0.717) is 13.1 Å². The molecular weight excluding hydrogens is 407 g/mol. The van der Waals surface area contributed by atoms with Gasteiger partial charge >= 0.3 is 0 Å². The summed E-state index contributed by atoms with van der Waals surface area (Å²) in [6.45, 7) is 4.22. The van der Waals surface area contributed by atoms with Crippen molar-refractivity contribution >= 4 is 23.7 Å². The number of piperidine rings is 1. The number of carbonyl (C=O) groups excluding carboxylic acids is 1. The van der Waals surface area contributed by atoms with Crippen LogP contribution in [-0.2, 0) is 16.1 Å². The SMILES string of the molecule is Cc1ccsc1CN(CCO)C(=O)C(c1ccc(F)cc1)N1CCCCC1.O=CO. The predicted molar refractivity (Wildman–Crippen MR) is 115 cm³/mol. The Morgan fingerprint density at radius 1 is 1.23 bits per heavy atom. The highest BCUT2D eigenvalue weighted by Gasteiger charge is 2.32. The van der Waals surface area contributed by atoms with E-state index in [0.717, 1.165) is 41.9 Å². The number of amides is 1. The second-order valence-corrected chi connectivity index (χ2v) is 8.17. The van der Waals surface area contributed by atoms with Crippen molar-refractivity contribution in [2.75, 3.05) is 26.2 Å². The van der Waals surface area contributed by atoms with Crippen molar-refractivity contribution in [3.8, 4) is 0 Å². The molecule has 1 atom stereocenters. The molecule has 2 N–H and O–H groups in total. The summed E-state index contributed by atoms with van der Waals surface area (Å²) < 4.78 is 13.4. The Balaban J connectivity index is 0.00000101. The summed E-state index contributed by atoms with van der Waals surface area (Å²) in [6, 6.07) is 7.86. The van der Waals surface area contributed by atoms with E-state index < -0.39 is 6.04 Å². The lowest BCUT2D eigenvalue weighted by Gasteiger charge is -2.37. The molecule has 1 aromatic carbocycles. The molecule has 1 unspecified atom stereocenters. The van der Waals surface area contributed by atoms with Gasteiger partial charge in [0, 0.05) is 11.4 Å². The van der Waals surface area contributed by atoms with E-state index in [1.807, 2.05) is 18.4 Å². The monoisotopic (exact) mass is 436 g/mol. The molecule has 0 bridgehead atoms. The molecule has 1 fully saturated rings. The molecule has 3 rings (SSSR count). The van der Waals surface area contributed by atoms with E-state index in [9.17, 15) is 14.3 Å². The number of hydrogen-bond acceptors (Lipinski definition) is 5. The number of aliphatic hydroxyl groups is 1. The molecule has 0 radical (unpaired) electrons. The van der Waals surface area contributed by atoms with Crippen LogP contribution in [0.3, 0.4) is 0 Å². The van der Waals surface area contributed by atoms with E-state index >= 15 is 0 Å². The number of aryl methyl sites for hydroxylation is 1. The molecule has 2 aromatic rings. The molecule has 1 aromatic heterocycles. The first kappa shape index (κ1) is 24.0. The second-order valence-electron chi connectivity index (χ2n) is 7.17. The van der Waals surface area contributed by atoms with Crippen molar-refractivity contribution in [3.05, 3.63) is 57.5 Å². The minimum absolute atomic E-state index is 0.0228. The molecule has 1 aliphatic rings. The Morgan fingerprint density at radius 3 is 2.40 bits per heavy atom. The van der Waals surface area contributed by atoms with Crippen LogP contribution >= 0.6 is 11.3 Å². The highest BCUT2D eigenvalue weighted by molar-refractivity contribution is 7.10. The van der Waals surface area contributed by atoms with Gasteiger partial charge in [-0.05, 0) is 67.6 Å². The maximum absolute atomic E-state index is 13.5. The van der Waals surface area contributed by atoms with E-state index in [-0.39, 0.29) is 24.8 Å². The highest BCUT2D eigenvalue weighted by Crippen LogP contribution is 2.28. The quantitative estimate of drug-likeness (QED) is 0.650. The zero-order chi connectivity index (χ0) is 21.9. The summed E-state index contributed by atoms with van der Waals surface area (Å²) >= 11 is 1.63. The van der Waals surface area contributed by atoms with Gasteiger partial charge in [0.15, 0.2) is 0 Å². The molecule has 6 nitrogen and oxygen atoms in total. The maximum atomic E-state index is 13.5. The number of halogens is 1. The fourth-order valence-electron chi connectivity index (χ4n) is 3.63. The van der Waals surface area contributed by atoms with Crippen molar-refractivity contribution in [3.63, 3.8) is 0 Å². The molecule has 164 valence electrons. The van der Waals surface area contributed by atoms with E-state index in [1.54, 1.807) is 28.4 Å².